The van der Waals surface area contributed by atoms with Gasteiger partial charge in [-0.2, -0.15) is 8.42 Å². The molecule has 0 spiro atoms. The molecule has 0 aromatic heterocycles. The second-order valence-electron chi connectivity index (χ2n) is 7.42. The van der Waals surface area contributed by atoms with E-state index < -0.39 is 26.1 Å². The van der Waals surface area contributed by atoms with Crippen LogP contribution in [0.5, 0.6) is 5.75 Å². The van der Waals surface area contributed by atoms with Gasteiger partial charge in [-0.3, -0.25) is 4.18 Å². The molecule has 8 heteroatoms. The Morgan fingerprint density at radius 2 is 1.55 bits per heavy atom. The van der Waals surface area contributed by atoms with Crippen molar-refractivity contribution >= 4 is 20.0 Å². The molecule has 3 aromatic carbocycles. The summed E-state index contributed by atoms with van der Waals surface area (Å²) >= 11 is 0. The van der Waals surface area contributed by atoms with Crippen molar-refractivity contribution in [3.05, 3.63) is 83.9 Å². The molecule has 31 heavy (non-hydrogen) atoms. The van der Waals surface area contributed by atoms with Gasteiger partial charge in [0, 0.05) is 0 Å². The summed E-state index contributed by atoms with van der Waals surface area (Å²) in [4.78, 5) is 0.423. The van der Waals surface area contributed by atoms with Gasteiger partial charge in [0.1, 0.15) is 18.5 Å². The summed E-state index contributed by atoms with van der Waals surface area (Å²) in [5, 5.41) is 0. The number of benzene rings is 3. The third-order valence-electron chi connectivity index (χ3n) is 5.15. The van der Waals surface area contributed by atoms with Crippen molar-refractivity contribution in [3.63, 3.8) is 0 Å². The highest BCUT2D eigenvalue weighted by Gasteiger charge is 2.26. The predicted octanol–water partition coefficient (Wildman–Crippen LogP) is 3.93. The first-order chi connectivity index (χ1) is 14.8. The van der Waals surface area contributed by atoms with Crippen molar-refractivity contribution in [2.75, 3.05) is 6.61 Å². The Kier molecular flexibility index (Phi) is 5.88. The number of ether oxygens (including phenoxy) is 1. The van der Waals surface area contributed by atoms with E-state index in [0.717, 1.165) is 11.1 Å². The quantitative estimate of drug-likeness (QED) is 0.520. The molecule has 0 saturated heterocycles. The molecule has 1 atom stereocenters. The third-order valence-corrected chi connectivity index (χ3v) is 8.21. The molecule has 0 fully saturated rings. The first-order valence-electron chi connectivity index (χ1n) is 9.81. The van der Waals surface area contributed by atoms with Crippen molar-refractivity contribution in [3.8, 4) is 5.75 Å². The van der Waals surface area contributed by atoms with E-state index in [9.17, 15) is 16.8 Å². The Hall–Kier alpha value is -2.68. The molecule has 0 radical (unpaired) electrons. The number of hydrogen-bond acceptors (Lipinski definition) is 6. The van der Waals surface area contributed by atoms with Gasteiger partial charge in [-0.15, -0.1) is 0 Å². The molecule has 4 rings (SSSR count). The first-order valence-corrected chi connectivity index (χ1v) is 12.7. The van der Waals surface area contributed by atoms with Crippen LogP contribution in [0.25, 0.3) is 0 Å². The van der Waals surface area contributed by atoms with E-state index in [0.29, 0.717) is 18.6 Å². The predicted molar refractivity (Wildman–Crippen MR) is 115 cm³/mol. The minimum Gasteiger partial charge on any atom is -0.488 e. The van der Waals surface area contributed by atoms with Crippen molar-refractivity contribution in [2.24, 2.45) is 0 Å². The lowest BCUT2D eigenvalue weighted by Gasteiger charge is -2.26. The minimum atomic E-state index is -3.90. The van der Waals surface area contributed by atoms with E-state index in [1.165, 1.54) is 18.2 Å². The Bertz CT molecular complexity index is 1280. The van der Waals surface area contributed by atoms with Gasteiger partial charge >= 0.3 is 0 Å². The lowest BCUT2D eigenvalue weighted by atomic mass is 10.0. The summed E-state index contributed by atoms with van der Waals surface area (Å²) in [6.07, 6.45) is 0.711. The van der Waals surface area contributed by atoms with Crippen LogP contribution in [-0.4, -0.2) is 29.5 Å². The molecular formula is C23H22O6S2. The fourth-order valence-electron chi connectivity index (χ4n) is 3.36. The van der Waals surface area contributed by atoms with Gasteiger partial charge < -0.3 is 4.74 Å². The Labute approximate surface area is 182 Å². The van der Waals surface area contributed by atoms with Gasteiger partial charge in [-0.1, -0.05) is 42.0 Å². The second kappa shape index (κ2) is 8.45. The molecule has 6 nitrogen and oxygen atoms in total. The Balaban J connectivity index is 1.49. The molecule has 1 heterocycles. The number of aryl methyl sites for hydroxylation is 2. The van der Waals surface area contributed by atoms with E-state index in [1.54, 1.807) is 54.6 Å². The van der Waals surface area contributed by atoms with E-state index in [4.69, 9.17) is 8.92 Å². The SMILES string of the molecule is Cc1ccc(S(=O)(=O)OCC2CCc3ccc(S(=O)(=O)c4ccccc4)cc3O2)cc1. The van der Waals surface area contributed by atoms with Crippen LogP contribution in [0.3, 0.4) is 0 Å². The van der Waals surface area contributed by atoms with E-state index in [1.807, 2.05) is 6.92 Å². The number of sulfone groups is 1. The first kappa shape index (κ1) is 21.5. The normalized spacial score (nSPS) is 16.4. The molecule has 0 bridgehead atoms. The van der Waals surface area contributed by atoms with Crippen LogP contribution >= 0.6 is 0 Å². The summed E-state index contributed by atoms with van der Waals surface area (Å²) in [7, 11) is -7.57. The number of rotatable bonds is 6. The fraction of sp³-hybridized carbons (Fsp3) is 0.217. The average molecular weight is 459 g/mol. The van der Waals surface area contributed by atoms with Gasteiger partial charge in [0.2, 0.25) is 9.84 Å². The summed E-state index contributed by atoms with van der Waals surface area (Å²) in [5.74, 6) is 0.435. The van der Waals surface area contributed by atoms with Crippen LogP contribution in [0.2, 0.25) is 0 Å². The minimum absolute atomic E-state index is 0.0885. The zero-order valence-corrected chi connectivity index (χ0v) is 18.5. The van der Waals surface area contributed by atoms with Gasteiger partial charge in [0.05, 0.1) is 14.7 Å². The van der Waals surface area contributed by atoms with Crippen molar-refractivity contribution in [1.29, 1.82) is 0 Å². The maximum absolute atomic E-state index is 12.9. The average Bonchev–Trinajstić information content (AvgIpc) is 2.78. The molecule has 162 valence electrons. The van der Waals surface area contributed by atoms with Crippen LogP contribution in [0, 0.1) is 6.92 Å². The smallest absolute Gasteiger partial charge is 0.297 e. The van der Waals surface area contributed by atoms with Crippen LogP contribution in [0.1, 0.15) is 17.5 Å². The van der Waals surface area contributed by atoms with Gasteiger partial charge in [0.15, 0.2) is 0 Å². The molecular weight excluding hydrogens is 436 g/mol. The highest BCUT2D eigenvalue weighted by Crippen LogP contribution is 2.32. The van der Waals surface area contributed by atoms with Crippen LogP contribution < -0.4 is 4.74 Å². The van der Waals surface area contributed by atoms with Crippen LogP contribution in [0.15, 0.2) is 87.5 Å². The zero-order chi connectivity index (χ0) is 22.1. The van der Waals surface area contributed by atoms with Gasteiger partial charge in [-0.25, -0.2) is 8.42 Å². The summed E-state index contributed by atoms with van der Waals surface area (Å²) in [6.45, 7) is 1.72. The maximum atomic E-state index is 12.9. The third kappa shape index (κ3) is 4.66. The lowest BCUT2D eigenvalue weighted by molar-refractivity contribution is 0.112. The molecule has 0 N–H and O–H groups in total. The molecule has 1 aliphatic rings. The monoisotopic (exact) mass is 458 g/mol. The molecule has 0 amide bonds. The standard InChI is InChI=1S/C23H22O6S2/c1-17-7-12-21(13-8-17)31(26,27)28-16-19-11-9-18-10-14-22(15-23(18)29-19)30(24,25)20-5-3-2-4-6-20/h2-8,10,12-15,19H,9,11,16H2,1H3. The van der Waals surface area contributed by atoms with E-state index in [2.05, 4.69) is 0 Å². The van der Waals surface area contributed by atoms with Crippen molar-refractivity contribution in [1.82, 2.24) is 0 Å². The van der Waals surface area contributed by atoms with Crippen molar-refractivity contribution < 1.29 is 25.8 Å². The highest BCUT2D eigenvalue weighted by atomic mass is 32.2. The Morgan fingerprint density at radius 3 is 2.26 bits per heavy atom. The molecule has 3 aromatic rings. The topological polar surface area (TPSA) is 86.7 Å². The fourth-order valence-corrected chi connectivity index (χ4v) is 5.60. The molecule has 0 saturated carbocycles. The molecule has 1 aliphatic heterocycles. The molecule has 1 unspecified atom stereocenters. The summed E-state index contributed by atoms with van der Waals surface area (Å²) in [6, 6.07) is 19.4. The Morgan fingerprint density at radius 1 is 0.871 bits per heavy atom. The highest BCUT2D eigenvalue weighted by molar-refractivity contribution is 7.91. The largest absolute Gasteiger partial charge is 0.488 e. The lowest BCUT2D eigenvalue weighted by Crippen LogP contribution is -2.29. The van der Waals surface area contributed by atoms with E-state index >= 15 is 0 Å². The zero-order valence-electron chi connectivity index (χ0n) is 16.9. The van der Waals surface area contributed by atoms with Crippen LogP contribution in [0.4, 0.5) is 0 Å². The second-order valence-corrected chi connectivity index (χ2v) is 11.0. The van der Waals surface area contributed by atoms with Gasteiger partial charge in [0.25, 0.3) is 10.1 Å². The summed E-state index contributed by atoms with van der Waals surface area (Å²) < 4.78 is 61.7. The van der Waals surface area contributed by atoms with Gasteiger partial charge in [-0.05, 0) is 61.7 Å². The van der Waals surface area contributed by atoms with Crippen molar-refractivity contribution in [2.45, 2.75) is 40.6 Å². The number of hydrogen-bond donors (Lipinski definition) is 0. The maximum Gasteiger partial charge on any atom is 0.297 e. The number of fused-ring (bicyclic) bond motifs is 1. The van der Waals surface area contributed by atoms with E-state index in [-0.39, 0.29) is 21.3 Å². The van der Waals surface area contributed by atoms with Crippen LogP contribution in [-0.2, 0) is 30.6 Å². The molecule has 0 aliphatic carbocycles. The summed E-state index contributed by atoms with van der Waals surface area (Å²) in [5.41, 5.74) is 1.83.